The van der Waals surface area contributed by atoms with E-state index in [1.807, 2.05) is 6.92 Å². The van der Waals surface area contributed by atoms with E-state index in [1.165, 1.54) is 13.7 Å². The molecule has 0 aliphatic carbocycles. The van der Waals surface area contributed by atoms with Crippen molar-refractivity contribution >= 4 is 41.6 Å². The SMILES string of the molecule is Cc1nns[c]1[Na]. The van der Waals surface area contributed by atoms with Gasteiger partial charge in [0.05, 0.1) is 0 Å². The van der Waals surface area contributed by atoms with Crippen LogP contribution in [-0.4, -0.2) is 37.5 Å². The number of nitrogens with zero attached hydrogens (tertiary/aromatic N) is 2. The van der Waals surface area contributed by atoms with Crippen LogP contribution in [0.4, 0.5) is 0 Å². The van der Waals surface area contributed by atoms with Gasteiger partial charge in [-0.3, -0.25) is 0 Å². The second-order valence-electron chi connectivity index (χ2n) is 1.41. The Morgan fingerprint density at radius 3 is 2.57 bits per heavy atom. The molecule has 0 N–H and O–H groups in total. The molecule has 0 fully saturated rings. The summed E-state index contributed by atoms with van der Waals surface area (Å²) in [5, 5.41) is 3.82. The average molecular weight is 122 g/mol. The summed E-state index contributed by atoms with van der Waals surface area (Å²) in [7, 11) is 0. The summed E-state index contributed by atoms with van der Waals surface area (Å²) in [6, 6.07) is 0. The second kappa shape index (κ2) is 2.22. The van der Waals surface area contributed by atoms with Crippen LogP contribution < -0.4 is 2.13 Å². The van der Waals surface area contributed by atoms with Gasteiger partial charge in [-0.1, -0.05) is 0 Å². The zero-order valence-corrected chi connectivity index (χ0v) is 7.12. The van der Waals surface area contributed by atoms with E-state index in [9.17, 15) is 0 Å². The van der Waals surface area contributed by atoms with E-state index < -0.39 is 0 Å². The first-order valence-electron chi connectivity index (χ1n) is 2.06. The van der Waals surface area contributed by atoms with Crippen LogP contribution in [0.2, 0.25) is 0 Å². The van der Waals surface area contributed by atoms with Crippen molar-refractivity contribution < 1.29 is 0 Å². The molecule has 0 aromatic carbocycles. The molecule has 0 saturated heterocycles. The molecule has 1 aromatic rings. The van der Waals surface area contributed by atoms with Gasteiger partial charge in [0, 0.05) is 0 Å². The van der Waals surface area contributed by atoms with Gasteiger partial charge in [-0.25, -0.2) is 0 Å². The van der Waals surface area contributed by atoms with Crippen LogP contribution >= 0.6 is 11.5 Å². The molecule has 7 heavy (non-hydrogen) atoms. The normalized spacial score (nSPS) is 9.57. The Hall–Kier alpha value is 0.560. The molecule has 0 bridgehead atoms. The Kier molecular flexibility index (Phi) is 1.80. The van der Waals surface area contributed by atoms with Gasteiger partial charge in [0.25, 0.3) is 0 Å². The molecule has 1 heterocycles. The van der Waals surface area contributed by atoms with Gasteiger partial charge in [0.15, 0.2) is 0 Å². The third-order valence-electron chi connectivity index (χ3n) is 0.878. The minimum absolute atomic E-state index is 1.09. The number of aryl methyl sites for hydroxylation is 1. The number of hydrogen-bond donors (Lipinski definition) is 0. The molecular weight excluding hydrogens is 119 g/mol. The van der Waals surface area contributed by atoms with Crippen molar-refractivity contribution in [2.75, 3.05) is 0 Å². The molecule has 32 valence electrons. The Balaban J connectivity index is 3.12. The van der Waals surface area contributed by atoms with E-state index in [1.54, 1.807) is 0 Å². The fourth-order valence-electron chi connectivity index (χ4n) is 0.279. The van der Waals surface area contributed by atoms with Crippen LogP contribution in [0.15, 0.2) is 0 Å². The van der Waals surface area contributed by atoms with Crippen LogP contribution in [0.25, 0.3) is 0 Å². The molecule has 4 heteroatoms. The van der Waals surface area contributed by atoms with E-state index in [-0.39, 0.29) is 0 Å². The van der Waals surface area contributed by atoms with Crippen LogP contribution in [0, 0.1) is 6.92 Å². The van der Waals surface area contributed by atoms with E-state index >= 15 is 0 Å². The first-order chi connectivity index (χ1) is 3.30. The van der Waals surface area contributed by atoms with E-state index in [2.05, 4.69) is 9.59 Å². The summed E-state index contributed by atoms with van der Waals surface area (Å²) in [6.07, 6.45) is 0. The van der Waals surface area contributed by atoms with E-state index in [0.29, 0.717) is 0 Å². The van der Waals surface area contributed by atoms with Crippen LogP contribution in [0.5, 0.6) is 0 Å². The number of hydrogen-bond acceptors (Lipinski definition) is 3. The first kappa shape index (κ1) is 5.69. The van der Waals surface area contributed by atoms with Crippen molar-refractivity contribution in [2.24, 2.45) is 0 Å². The zero-order valence-electron chi connectivity index (χ0n) is 4.30. The van der Waals surface area contributed by atoms with Crippen LogP contribution in [-0.2, 0) is 0 Å². The van der Waals surface area contributed by atoms with Gasteiger partial charge in [0.1, 0.15) is 0 Å². The molecule has 0 spiro atoms. The van der Waals surface area contributed by atoms with Gasteiger partial charge in [-0.15, -0.1) is 0 Å². The van der Waals surface area contributed by atoms with Crippen molar-refractivity contribution in [3.8, 4) is 0 Å². The maximum atomic E-state index is 3.82. The van der Waals surface area contributed by atoms with Crippen molar-refractivity contribution in [1.29, 1.82) is 0 Å². The molecule has 0 unspecified atom stereocenters. The summed E-state index contributed by atoms with van der Waals surface area (Å²) in [5.74, 6) is 0. The Bertz CT molecular complexity index is 145. The van der Waals surface area contributed by atoms with Crippen molar-refractivity contribution in [2.45, 2.75) is 6.92 Å². The molecule has 0 amide bonds. The molecular formula is C3H3N2NaS. The molecule has 2 nitrogen and oxygen atoms in total. The minimum atomic E-state index is 1.09. The Morgan fingerprint density at radius 2 is 2.43 bits per heavy atom. The fourth-order valence-corrected chi connectivity index (χ4v) is 1.08. The van der Waals surface area contributed by atoms with Gasteiger partial charge >= 0.3 is 63.8 Å². The summed E-state index contributed by atoms with van der Waals surface area (Å²) >= 11 is 2.60. The van der Waals surface area contributed by atoms with Gasteiger partial charge < -0.3 is 0 Å². The second-order valence-corrected chi connectivity index (χ2v) is 4.10. The molecule has 0 atom stereocenters. The van der Waals surface area contributed by atoms with Crippen molar-refractivity contribution in [1.82, 2.24) is 9.59 Å². The summed E-state index contributed by atoms with van der Waals surface area (Å²) in [4.78, 5) is 0. The molecule has 0 aliphatic rings. The molecule has 0 radical (unpaired) electrons. The van der Waals surface area contributed by atoms with Gasteiger partial charge in [-0.05, 0) is 0 Å². The van der Waals surface area contributed by atoms with E-state index in [4.69, 9.17) is 0 Å². The topological polar surface area (TPSA) is 25.8 Å². The standard InChI is InChI=1S/C3H3N2S.Na/c1-3-2-6-5-4-3;/h1H3;. The molecule has 0 saturated carbocycles. The summed E-state index contributed by atoms with van der Waals surface area (Å²) in [5.41, 5.74) is 1.11. The first-order valence-corrected chi connectivity index (χ1v) is 3.83. The van der Waals surface area contributed by atoms with Crippen LogP contribution in [0.1, 0.15) is 5.69 Å². The zero-order chi connectivity index (χ0) is 5.28. The predicted molar refractivity (Wildman–Crippen MR) is 30.0 cm³/mol. The number of aromatic nitrogens is 2. The monoisotopic (exact) mass is 122 g/mol. The van der Waals surface area contributed by atoms with Crippen molar-refractivity contribution in [3.63, 3.8) is 0 Å². The predicted octanol–water partition coefficient (Wildman–Crippen LogP) is -0.360. The fraction of sp³-hybridized carbons (Fsp3) is 0.333. The van der Waals surface area contributed by atoms with Gasteiger partial charge in [-0.2, -0.15) is 0 Å². The quantitative estimate of drug-likeness (QED) is 0.439. The molecule has 1 rings (SSSR count). The van der Waals surface area contributed by atoms with E-state index in [0.717, 1.165) is 33.6 Å². The summed E-state index contributed by atoms with van der Waals surface area (Å²) in [6.45, 7) is 1.99. The summed E-state index contributed by atoms with van der Waals surface area (Å²) < 4.78 is 5.09. The maximum absolute atomic E-state index is 3.82. The third-order valence-corrected chi connectivity index (χ3v) is 2.88. The Morgan fingerprint density at radius 1 is 1.71 bits per heavy atom. The van der Waals surface area contributed by atoms with Crippen LogP contribution in [0.3, 0.4) is 0 Å². The average Bonchev–Trinajstić information content (AvgIpc) is 1.91. The Labute approximate surface area is 63.5 Å². The van der Waals surface area contributed by atoms with Gasteiger partial charge in [0.2, 0.25) is 0 Å². The number of rotatable bonds is 0. The third kappa shape index (κ3) is 1.22. The molecule has 0 aliphatic heterocycles. The van der Waals surface area contributed by atoms with Crippen molar-refractivity contribution in [3.05, 3.63) is 5.69 Å². The molecule has 1 aromatic heterocycles.